The number of fused-ring (bicyclic) bond motifs is 3. The number of benzene rings is 2. The maximum atomic E-state index is 12.4. The molecule has 1 N–H and O–H groups in total. The van der Waals surface area contributed by atoms with Crippen LogP contribution in [0.2, 0.25) is 0 Å². The Morgan fingerprint density at radius 3 is 2.81 bits per heavy atom. The van der Waals surface area contributed by atoms with Crippen molar-refractivity contribution >= 4 is 12.1 Å². The van der Waals surface area contributed by atoms with Gasteiger partial charge >= 0.3 is 12.1 Å². The number of carbonyl (C=O) groups excluding carboxylic acids is 1. The Hall–Kier alpha value is -2.86. The lowest BCUT2D eigenvalue weighted by Crippen LogP contribution is -2.52. The van der Waals surface area contributed by atoms with Gasteiger partial charge in [0.1, 0.15) is 6.61 Å². The second-order valence-corrected chi connectivity index (χ2v) is 6.45. The van der Waals surface area contributed by atoms with E-state index in [-0.39, 0.29) is 19.8 Å². The van der Waals surface area contributed by atoms with Crippen molar-refractivity contribution in [1.29, 1.82) is 0 Å². The van der Waals surface area contributed by atoms with Crippen LogP contribution in [0.5, 0.6) is 0 Å². The highest BCUT2D eigenvalue weighted by Crippen LogP contribution is 2.38. The fourth-order valence-electron chi connectivity index (χ4n) is 3.61. The van der Waals surface area contributed by atoms with Gasteiger partial charge in [0, 0.05) is 6.54 Å². The maximum Gasteiger partial charge on any atom is 0.411 e. The van der Waals surface area contributed by atoms with Crippen LogP contribution in [0.25, 0.3) is 11.1 Å². The number of rotatable bonds is 3. The molecule has 1 aliphatic carbocycles. The first-order valence-corrected chi connectivity index (χ1v) is 8.58. The van der Waals surface area contributed by atoms with Crippen molar-refractivity contribution in [2.45, 2.75) is 19.1 Å². The highest BCUT2D eigenvalue weighted by Gasteiger charge is 2.34. The number of morpholine rings is 1. The molecule has 0 spiro atoms. The molecule has 1 unspecified atom stereocenters. The van der Waals surface area contributed by atoms with Crippen molar-refractivity contribution in [2.24, 2.45) is 0 Å². The Morgan fingerprint density at radius 2 is 1.96 bits per heavy atom. The summed E-state index contributed by atoms with van der Waals surface area (Å²) in [5.74, 6) is -1.09. The normalized spacial score (nSPS) is 18.2. The summed E-state index contributed by atoms with van der Waals surface area (Å²) in [6.07, 6.45) is 0.197. The zero-order chi connectivity index (χ0) is 18.1. The Kier molecular flexibility index (Phi) is 4.34. The second kappa shape index (κ2) is 6.80. The molecule has 0 saturated carbocycles. The van der Waals surface area contributed by atoms with Crippen molar-refractivity contribution in [3.63, 3.8) is 0 Å². The summed E-state index contributed by atoms with van der Waals surface area (Å²) in [6, 6.07) is 13.2. The van der Waals surface area contributed by atoms with Gasteiger partial charge in [-0.2, -0.15) is 0 Å². The predicted octanol–water partition coefficient (Wildman–Crippen LogP) is 2.68. The van der Waals surface area contributed by atoms with Crippen molar-refractivity contribution in [3.8, 4) is 11.1 Å². The van der Waals surface area contributed by atoms with E-state index in [9.17, 15) is 14.7 Å². The van der Waals surface area contributed by atoms with E-state index < -0.39 is 18.1 Å². The number of aliphatic carboxylic acids is 1. The molecular formula is C20H19NO5. The van der Waals surface area contributed by atoms with Gasteiger partial charge in [-0.05, 0) is 34.2 Å². The van der Waals surface area contributed by atoms with Gasteiger partial charge in [-0.15, -0.1) is 0 Å². The zero-order valence-electron chi connectivity index (χ0n) is 14.2. The molecule has 0 bridgehead atoms. The Morgan fingerprint density at radius 1 is 1.15 bits per heavy atom. The number of carboxylic acids is 1. The number of amides is 1. The minimum atomic E-state index is -1.09. The van der Waals surface area contributed by atoms with Crippen LogP contribution in [0, 0.1) is 0 Å². The van der Waals surface area contributed by atoms with Gasteiger partial charge in [0.05, 0.1) is 13.2 Å². The summed E-state index contributed by atoms with van der Waals surface area (Å²) in [5.41, 5.74) is 5.77. The van der Waals surface area contributed by atoms with Crippen molar-refractivity contribution in [3.05, 3.63) is 59.2 Å². The van der Waals surface area contributed by atoms with E-state index in [0.717, 1.165) is 12.0 Å². The average molecular weight is 353 g/mol. The highest BCUT2D eigenvalue weighted by molar-refractivity contribution is 5.81. The second-order valence-electron chi connectivity index (χ2n) is 6.45. The molecule has 134 valence electrons. The van der Waals surface area contributed by atoms with E-state index in [0.29, 0.717) is 6.61 Å². The third-order valence-electron chi connectivity index (χ3n) is 4.95. The average Bonchev–Trinajstić information content (AvgIpc) is 3.05. The predicted molar refractivity (Wildman–Crippen MR) is 93.8 cm³/mol. The van der Waals surface area contributed by atoms with Gasteiger partial charge in [-0.25, -0.2) is 9.59 Å². The summed E-state index contributed by atoms with van der Waals surface area (Å²) >= 11 is 0. The molecule has 1 fully saturated rings. The standard InChI is InChI=1S/C20H19NO5/c22-19(23)18-12-25-9-8-21(18)20(24)26-11-14-5-3-7-16-15-6-2-1-4-13(15)10-17(14)16/h1-7,18H,8-12H2,(H,22,23). The van der Waals surface area contributed by atoms with Gasteiger partial charge in [0.15, 0.2) is 6.04 Å². The maximum absolute atomic E-state index is 12.4. The summed E-state index contributed by atoms with van der Waals surface area (Å²) < 4.78 is 10.6. The van der Waals surface area contributed by atoms with Crippen LogP contribution in [0.15, 0.2) is 42.5 Å². The van der Waals surface area contributed by atoms with E-state index in [1.165, 1.54) is 27.2 Å². The first-order chi connectivity index (χ1) is 12.6. The first-order valence-electron chi connectivity index (χ1n) is 8.58. The molecule has 2 aromatic rings. The molecule has 0 aromatic heterocycles. The molecule has 1 heterocycles. The summed E-state index contributed by atoms with van der Waals surface area (Å²) in [5, 5.41) is 9.24. The molecule has 26 heavy (non-hydrogen) atoms. The molecule has 4 rings (SSSR count). The van der Waals surface area contributed by atoms with Crippen LogP contribution in [-0.2, 0) is 27.3 Å². The molecule has 1 saturated heterocycles. The van der Waals surface area contributed by atoms with E-state index in [2.05, 4.69) is 18.2 Å². The summed E-state index contributed by atoms with van der Waals surface area (Å²) in [7, 11) is 0. The van der Waals surface area contributed by atoms with Crippen LogP contribution < -0.4 is 0 Å². The molecule has 1 atom stereocenters. The Bertz CT molecular complexity index is 863. The van der Waals surface area contributed by atoms with E-state index in [1.807, 2.05) is 24.3 Å². The minimum absolute atomic E-state index is 0.0134. The molecule has 1 aliphatic heterocycles. The van der Waals surface area contributed by atoms with Gasteiger partial charge in [-0.1, -0.05) is 42.5 Å². The topological polar surface area (TPSA) is 76.1 Å². The number of hydrogen-bond acceptors (Lipinski definition) is 4. The van der Waals surface area contributed by atoms with E-state index in [1.54, 1.807) is 0 Å². The summed E-state index contributed by atoms with van der Waals surface area (Å²) in [4.78, 5) is 24.9. The van der Waals surface area contributed by atoms with E-state index >= 15 is 0 Å². The zero-order valence-corrected chi connectivity index (χ0v) is 14.2. The highest BCUT2D eigenvalue weighted by atomic mass is 16.6. The molecule has 0 radical (unpaired) electrons. The lowest BCUT2D eigenvalue weighted by Gasteiger charge is -2.31. The molecule has 6 nitrogen and oxygen atoms in total. The van der Waals surface area contributed by atoms with Crippen LogP contribution in [0.4, 0.5) is 4.79 Å². The third-order valence-corrected chi connectivity index (χ3v) is 4.95. The van der Waals surface area contributed by atoms with Crippen molar-refractivity contribution in [2.75, 3.05) is 19.8 Å². The quantitative estimate of drug-likeness (QED) is 0.783. The molecule has 6 heteroatoms. The molecular weight excluding hydrogens is 334 g/mol. The van der Waals surface area contributed by atoms with Gasteiger partial charge < -0.3 is 14.6 Å². The fourth-order valence-corrected chi connectivity index (χ4v) is 3.61. The van der Waals surface area contributed by atoms with Crippen LogP contribution >= 0.6 is 0 Å². The van der Waals surface area contributed by atoms with Gasteiger partial charge in [-0.3, -0.25) is 4.90 Å². The van der Waals surface area contributed by atoms with E-state index in [4.69, 9.17) is 9.47 Å². The van der Waals surface area contributed by atoms with Crippen molar-refractivity contribution < 1.29 is 24.2 Å². The number of ether oxygens (including phenoxy) is 2. The lowest BCUT2D eigenvalue weighted by molar-refractivity contribution is -0.148. The number of nitrogens with zero attached hydrogens (tertiary/aromatic N) is 1. The third kappa shape index (κ3) is 2.93. The Labute approximate surface area is 151 Å². The number of carboxylic acid groups (broad SMARTS) is 1. The minimum Gasteiger partial charge on any atom is -0.480 e. The fraction of sp³-hybridized carbons (Fsp3) is 0.300. The van der Waals surface area contributed by atoms with Gasteiger partial charge in [0.2, 0.25) is 0 Å². The Balaban J connectivity index is 1.49. The largest absolute Gasteiger partial charge is 0.480 e. The number of carbonyl (C=O) groups is 2. The molecule has 2 aromatic carbocycles. The van der Waals surface area contributed by atoms with Crippen LogP contribution in [0.1, 0.15) is 16.7 Å². The monoisotopic (exact) mass is 353 g/mol. The molecule has 2 aliphatic rings. The van der Waals surface area contributed by atoms with Crippen LogP contribution in [0.3, 0.4) is 0 Å². The summed E-state index contributed by atoms with van der Waals surface area (Å²) in [6.45, 7) is 0.642. The van der Waals surface area contributed by atoms with Gasteiger partial charge in [0.25, 0.3) is 0 Å². The smallest absolute Gasteiger partial charge is 0.411 e. The number of hydrogen-bond donors (Lipinski definition) is 1. The molecule has 1 amide bonds. The SMILES string of the molecule is O=C(O)C1COCCN1C(=O)OCc1cccc2c1Cc1ccccc1-2. The first kappa shape index (κ1) is 16.6. The lowest BCUT2D eigenvalue weighted by atomic mass is 10.0. The van der Waals surface area contributed by atoms with Crippen LogP contribution in [-0.4, -0.2) is 47.9 Å². The van der Waals surface area contributed by atoms with Crippen molar-refractivity contribution in [1.82, 2.24) is 4.90 Å².